The summed E-state index contributed by atoms with van der Waals surface area (Å²) in [5.74, 6) is 0. The summed E-state index contributed by atoms with van der Waals surface area (Å²) in [6.07, 6.45) is 1.36. The lowest BCUT2D eigenvalue weighted by Crippen LogP contribution is -1.96. The zero-order valence-corrected chi connectivity index (χ0v) is 8.40. The predicted octanol–water partition coefficient (Wildman–Crippen LogP) is 3.11. The van der Waals surface area contributed by atoms with E-state index in [1.807, 2.05) is 0 Å². The number of hydrogen-bond acceptors (Lipinski definition) is 2. The Morgan fingerprint density at radius 2 is 1.88 bits per heavy atom. The zero-order chi connectivity index (χ0) is 14.8. The van der Waals surface area contributed by atoms with Crippen LogP contribution in [0.4, 0.5) is 0 Å². The third-order valence-electron chi connectivity index (χ3n) is 2.06. The third-order valence-corrected chi connectivity index (χ3v) is 2.06. The lowest BCUT2D eigenvalue weighted by Gasteiger charge is -2.10. The fraction of sp³-hybridized carbons (Fsp3) is 0.0714. The van der Waals surface area contributed by atoms with Gasteiger partial charge in [-0.25, -0.2) is 4.79 Å². The summed E-state index contributed by atoms with van der Waals surface area (Å²) in [5.41, 5.74) is 0.474. The van der Waals surface area contributed by atoms with Crippen molar-refractivity contribution in [1.29, 1.82) is 0 Å². The van der Waals surface area contributed by atoms with E-state index in [0.717, 1.165) is 0 Å². The van der Waals surface area contributed by atoms with Crippen LogP contribution in [0.1, 0.15) is 22.6 Å². The summed E-state index contributed by atoms with van der Waals surface area (Å²) in [5, 5.41) is 0. The van der Waals surface area contributed by atoms with Crippen LogP contribution >= 0.6 is 0 Å². The van der Waals surface area contributed by atoms with Gasteiger partial charge in [-0.15, -0.1) is 0 Å². The average Bonchev–Trinajstić information content (AvgIpc) is 2.46. The van der Waals surface area contributed by atoms with E-state index < -0.39 is 6.02 Å². The minimum atomic E-state index is -1.83. The van der Waals surface area contributed by atoms with Gasteiger partial charge in [-0.3, -0.25) is 0 Å². The summed E-state index contributed by atoms with van der Waals surface area (Å²) in [4.78, 5) is 14.2. The molecule has 78 valence electrons. The van der Waals surface area contributed by atoms with Crippen molar-refractivity contribution in [3.05, 3.63) is 71.7 Å². The topological polar surface area (TPSA) is 29.4 Å². The highest BCUT2D eigenvalue weighted by atomic mass is 16.1. The first-order valence-corrected chi connectivity index (χ1v) is 4.72. The molecule has 2 nitrogen and oxygen atoms in total. The van der Waals surface area contributed by atoms with Gasteiger partial charge in [-0.05, 0) is 11.1 Å². The number of nitrogens with zero attached hydrogens (tertiary/aromatic N) is 1. The maximum atomic E-state index is 10.7. The number of carbonyl (C=O) groups excluding carboxylic acids is 1. The monoisotopic (exact) mass is 213 g/mol. The Labute approximate surface area is 99.9 Å². The molecule has 0 fully saturated rings. The molecule has 0 bridgehead atoms. The van der Waals surface area contributed by atoms with Gasteiger partial charge >= 0.3 is 0 Å². The van der Waals surface area contributed by atoms with Gasteiger partial charge in [0.2, 0.25) is 6.08 Å². The number of aliphatic imine (C=N–C) groups is 1. The van der Waals surface area contributed by atoms with Crippen molar-refractivity contribution < 1.29 is 10.3 Å². The van der Waals surface area contributed by atoms with E-state index in [1.165, 1.54) is 18.2 Å². The number of rotatable bonds is 3. The van der Waals surface area contributed by atoms with Crippen LogP contribution in [0.3, 0.4) is 0 Å². The Bertz CT molecular complexity index is 683. The number of isocyanates is 1. The molecule has 2 aromatic carbocycles. The van der Waals surface area contributed by atoms with Crippen LogP contribution in [-0.4, -0.2) is 6.08 Å². The molecular weight excluding hydrogens is 198 g/mol. The van der Waals surface area contributed by atoms with Crippen LogP contribution < -0.4 is 0 Å². The summed E-state index contributed by atoms with van der Waals surface area (Å²) in [7, 11) is 0. The third kappa shape index (κ3) is 2.25. The number of hydrogen-bond donors (Lipinski definition) is 0. The zero-order valence-electron chi connectivity index (χ0n) is 12.4. The van der Waals surface area contributed by atoms with Crippen molar-refractivity contribution in [2.75, 3.05) is 0 Å². The van der Waals surface area contributed by atoms with E-state index in [0.29, 0.717) is 5.56 Å². The molecule has 0 amide bonds. The molecule has 1 atom stereocenters. The van der Waals surface area contributed by atoms with E-state index in [2.05, 4.69) is 4.99 Å². The van der Waals surface area contributed by atoms with Gasteiger partial charge in [-0.1, -0.05) is 60.6 Å². The van der Waals surface area contributed by atoms with E-state index >= 15 is 0 Å². The lowest BCUT2D eigenvalue weighted by atomic mass is 10.00. The molecule has 0 radical (unpaired) electrons. The van der Waals surface area contributed by atoms with Crippen molar-refractivity contribution in [1.82, 2.24) is 0 Å². The van der Waals surface area contributed by atoms with Crippen molar-refractivity contribution in [2.24, 2.45) is 4.99 Å². The fourth-order valence-electron chi connectivity index (χ4n) is 1.37. The Morgan fingerprint density at radius 1 is 1.12 bits per heavy atom. The molecule has 0 heterocycles. The second-order valence-electron chi connectivity index (χ2n) is 3.06. The van der Waals surface area contributed by atoms with Gasteiger partial charge in [-0.2, -0.15) is 4.99 Å². The molecule has 0 aromatic heterocycles. The highest BCUT2D eigenvalue weighted by Crippen LogP contribution is 2.24. The van der Waals surface area contributed by atoms with Crippen molar-refractivity contribution in [2.45, 2.75) is 6.02 Å². The molecular formula is C14H11NO. The van der Waals surface area contributed by atoms with Crippen LogP contribution in [0.2, 0.25) is 0 Å². The molecule has 16 heavy (non-hydrogen) atoms. The standard InChI is InChI=1S/C14H11NO/c16-11-15-14(12-7-3-1-4-8-12)13-9-5-2-6-10-13/h1-10,14H/i1D,3D,7D,14D. The first kappa shape index (κ1) is 6.41. The van der Waals surface area contributed by atoms with E-state index in [-0.39, 0.29) is 23.7 Å². The molecule has 1 unspecified atom stereocenters. The van der Waals surface area contributed by atoms with Crippen LogP contribution in [0.15, 0.2) is 65.6 Å². The van der Waals surface area contributed by atoms with Gasteiger partial charge in [0.15, 0.2) is 0 Å². The van der Waals surface area contributed by atoms with Gasteiger partial charge < -0.3 is 0 Å². The smallest absolute Gasteiger partial charge is 0.211 e. The molecule has 0 saturated heterocycles. The Hall–Kier alpha value is -2.18. The molecule has 0 N–H and O–H groups in total. The lowest BCUT2D eigenvalue weighted by molar-refractivity contribution is 0.560. The first-order valence-electron chi connectivity index (χ1n) is 6.72. The Balaban J connectivity index is 2.73. The molecule has 2 aromatic rings. The summed E-state index contributed by atoms with van der Waals surface area (Å²) < 4.78 is 31.5. The average molecular weight is 213 g/mol. The molecule has 0 saturated carbocycles. The molecule has 0 aliphatic heterocycles. The van der Waals surface area contributed by atoms with E-state index in [9.17, 15) is 4.79 Å². The first-order chi connectivity index (χ1) is 9.50. The van der Waals surface area contributed by atoms with Crippen LogP contribution in [0.25, 0.3) is 0 Å². The van der Waals surface area contributed by atoms with Crippen molar-refractivity contribution in [3.63, 3.8) is 0 Å². The highest BCUT2D eigenvalue weighted by molar-refractivity contribution is 5.40. The highest BCUT2D eigenvalue weighted by Gasteiger charge is 2.11. The largest absolute Gasteiger partial charge is 0.235 e. The quantitative estimate of drug-likeness (QED) is 0.569. The Morgan fingerprint density at radius 3 is 2.62 bits per heavy atom. The second kappa shape index (κ2) is 5.06. The predicted molar refractivity (Wildman–Crippen MR) is 62.8 cm³/mol. The Kier molecular flexibility index (Phi) is 2.03. The number of benzene rings is 2. The van der Waals surface area contributed by atoms with Crippen LogP contribution in [0.5, 0.6) is 0 Å². The molecule has 2 rings (SSSR count). The maximum absolute atomic E-state index is 10.7. The summed E-state index contributed by atoms with van der Waals surface area (Å²) >= 11 is 0. The minimum Gasteiger partial charge on any atom is -0.211 e. The fourth-order valence-corrected chi connectivity index (χ4v) is 1.37. The van der Waals surface area contributed by atoms with Crippen molar-refractivity contribution in [3.8, 4) is 0 Å². The van der Waals surface area contributed by atoms with Crippen molar-refractivity contribution >= 4 is 6.08 Å². The second-order valence-corrected chi connectivity index (χ2v) is 3.06. The van der Waals surface area contributed by atoms with Gasteiger partial charge in [0, 0.05) is 0 Å². The summed E-state index contributed by atoms with van der Waals surface area (Å²) in [6, 6.07) is 8.58. The molecule has 2 heteroatoms. The van der Waals surface area contributed by atoms with Gasteiger partial charge in [0.25, 0.3) is 0 Å². The molecule has 0 aliphatic carbocycles. The van der Waals surface area contributed by atoms with E-state index in [4.69, 9.17) is 5.48 Å². The van der Waals surface area contributed by atoms with Crippen LogP contribution in [0, 0.1) is 0 Å². The molecule has 0 spiro atoms. The maximum Gasteiger partial charge on any atom is 0.235 e. The van der Waals surface area contributed by atoms with Gasteiger partial charge in [0.05, 0.1) is 5.48 Å². The summed E-state index contributed by atoms with van der Waals surface area (Å²) in [6.45, 7) is 0. The SMILES string of the molecule is [2H]c1ccc(C([2H])(N=C=O)c2ccccc2)c([2H])c1[2H]. The minimum absolute atomic E-state index is 0.0769. The van der Waals surface area contributed by atoms with Crippen LogP contribution in [-0.2, 0) is 4.79 Å². The van der Waals surface area contributed by atoms with Gasteiger partial charge in [0.1, 0.15) is 6.02 Å². The molecule has 0 aliphatic rings. The van der Waals surface area contributed by atoms with E-state index in [1.54, 1.807) is 30.3 Å². The normalized spacial score (nSPS) is 17.0.